The number of benzene rings is 3. The second-order valence-electron chi connectivity index (χ2n) is 10.7. The summed E-state index contributed by atoms with van der Waals surface area (Å²) in [4.78, 5) is 53.7. The molecule has 0 spiro atoms. The van der Waals surface area contributed by atoms with E-state index in [1.165, 1.54) is 4.90 Å². The molecule has 1 atom stereocenters. The Morgan fingerprint density at radius 3 is 2.21 bits per heavy atom. The predicted molar refractivity (Wildman–Crippen MR) is 160 cm³/mol. The van der Waals surface area contributed by atoms with Gasteiger partial charge in [-0.05, 0) is 61.9 Å². The van der Waals surface area contributed by atoms with Crippen LogP contribution < -0.4 is 5.48 Å². The van der Waals surface area contributed by atoms with E-state index in [1.807, 2.05) is 61.5 Å². The SMILES string of the molecule is CC(=NCCCCC(C)(C(=O)N(C)Cc1cccc(CO)c1)N1C(=O)c2ccccc2C1=O)NOCc1ccccc1. The molecule has 0 aliphatic carbocycles. The van der Waals surface area contributed by atoms with Crippen molar-refractivity contribution >= 4 is 23.6 Å². The number of hydrogen-bond acceptors (Lipinski definition) is 6. The fourth-order valence-corrected chi connectivity index (χ4v) is 5.19. The van der Waals surface area contributed by atoms with Crippen LogP contribution in [0.2, 0.25) is 0 Å². The summed E-state index contributed by atoms with van der Waals surface area (Å²) in [6.45, 7) is 4.55. The van der Waals surface area contributed by atoms with Gasteiger partial charge in [-0.3, -0.25) is 34.6 Å². The fourth-order valence-electron chi connectivity index (χ4n) is 5.19. The van der Waals surface area contributed by atoms with Crippen molar-refractivity contribution in [3.8, 4) is 0 Å². The van der Waals surface area contributed by atoms with Gasteiger partial charge in [0, 0.05) is 20.1 Å². The van der Waals surface area contributed by atoms with Crippen molar-refractivity contribution in [2.75, 3.05) is 13.6 Å². The number of aliphatic hydroxyl groups is 1. The summed E-state index contributed by atoms with van der Waals surface area (Å²) in [5, 5.41) is 9.51. The average molecular weight is 571 g/mol. The van der Waals surface area contributed by atoms with Crippen LogP contribution in [0.1, 0.15) is 70.5 Å². The number of unbranched alkanes of at least 4 members (excludes halogenated alkanes) is 1. The third-order valence-corrected chi connectivity index (χ3v) is 7.41. The maximum Gasteiger partial charge on any atom is 0.262 e. The van der Waals surface area contributed by atoms with Gasteiger partial charge in [-0.15, -0.1) is 0 Å². The van der Waals surface area contributed by atoms with Crippen LogP contribution in [0.25, 0.3) is 0 Å². The van der Waals surface area contributed by atoms with Crippen LogP contribution in [0, 0.1) is 0 Å². The molecule has 1 aliphatic rings. The highest BCUT2D eigenvalue weighted by molar-refractivity contribution is 6.23. The van der Waals surface area contributed by atoms with Gasteiger partial charge in [-0.2, -0.15) is 0 Å². The lowest BCUT2D eigenvalue weighted by atomic mass is 9.90. The lowest BCUT2D eigenvalue weighted by Crippen LogP contribution is -2.59. The van der Waals surface area contributed by atoms with Gasteiger partial charge in [0.1, 0.15) is 11.4 Å². The molecule has 4 rings (SSSR count). The third kappa shape index (κ3) is 7.10. The first-order valence-electron chi connectivity index (χ1n) is 14.1. The summed E-state index contributed by atoms with van der Waals surface area (Å²) in [5.41, 5.74) is 4.69. The Hall–Kier alpha value is -4.34. The van der Waals surface area contributed by atoms with Crippen LogP contribution in [0.4, 0.5) is 0 Å². The summed E-state index contributed by atoms with van der Waals surface area (Å²) < 4.78 is 0. The van der Waals surface area contributed by atoms with Gasteiger partial charge < -0.3 is 10.0 Å². The van der Waals surface area contributed by atoms with Crippen LogP contribution in [0.5, 0.6) is 0 Å². The van der Waals surface area contributed by atoms with Crippen molar-refractivity contribution in [1.82, 2.24) is 15.3 Å². The molecule has 3 amide bonds. The molecule has 9 heteroatoms. The molecule has 1 unspecified atom stereocenters. The lowest BCUT2D eigenvalue weighted by Gasteiger charge is -2.39. The van der Waals surface area contributed by atoms with Gasteiger partial charge >= 0.3 is 0 Å². The molecule has 1 aliphatic heterocycles. The number of likely N-dealkylation sites (N-methyl/N-ethyl adjacent to an activating group) is 1. The summed E-state index contributed by atoms with van der Waals surface area (Å²) in [7, 11) is 1.67. The lowest BCUT2D eigenvalue weighted by molar-refractivity contribution is -0.140. The Labute approximate surface area is 246 Å². The molecule has 1 heterocycles. The van der Waals surface area contributed by atoms with E-state index in [9.17, 15) is 19.5 Å². The Morgan fingerprint density at radius 1 is 0.929 bits per heavy atom. The van der Waals surface area contributed by atoms with Gasteiger partial charge in [0.05, 0.1) is 24.3 Å². The second kappa shape index (κ2) is 14.0. The zero-order valence-corrected chi connectivity index (χ0v) is 24.4. The molecule has 3 aromatic carbocycles. The molecule has 2 N–H and O–H groups in total. The zero-order chi connectivity index (χ0) is 30.1. The van der Waals surface area contributed by atoms with Crippen molar-refractivity contribution in [3.05, 3.63) is 107 Å². The molecule has 3 aromatic rings. The van der Waals surface area contributed by atoms with Gasteiger partial charge in [-0.1, -0.05) is 66.7 Å². The number of aliphatic hydroxyl groups excluding tert-OH is 1. The largest absolute Gasteiger partial charge is 0.392 e. The minimum absolute atomic E-state index is 0.102. The molecular weight excluding hydrogens is 532 g/mol. The standard InChI is InChI=1S/C33H38N4O5/c1-24(35-42-23-25-12-5-4-6-13-25)34-19-10-9-18-33(2,37-30(39)28-16-7-8-17-29(28)31(37)40)32(41)36(3)21-26-14-11-15-27(20-26)22-38/h4-8,11-17,20,38H,9-10,18-19,21-23H2,1-3H3,(H,34,35). The maximum absolute atomic E-state index is 14.0. The van der Waals surface area contributed by atoms with Crippen LogP contribution in [-0.2, 0) is 29.4 Å². The van der Waals surface area contributed by atoms with E-state index in [2.05, 4.69) is 10.5 Å². The molecule has 0 saturated carbocycles. The molecule has 9 nitrogen and oxygen atoms in total. The number of amides is 3. The number of rotatable bonds is 13. The smallest absolute Gasteiger partial charge is 0.262 e. The van der Waals surface area contributed by atoms with E-state index in [0.29, 0.717) is 43.0 Å². The number of nitrogens with zero attached hydrogens (tertiary/aromatic N) is 3. The quantitative estimate of drug-likeness (QED) is 0.103. The van der Waals surface area contributed by atoms with Gasteiger partial charge in [0.15, 0.2) is 0 Å². The van der Waals surface area contributed by atoms with E-state index in [4.69, 9.17) is 4.84 Å². The molecule has 220 valence electrons. The van der Waals surface area contributed by atoms with E-state index >= 15 is 0 Å². The van der Waals surface area contributed by atoms with Gasteiger partial charge in [-0.25, -0.2) is 0 Å². The molecule has 42 heavy (non-hydrogen) atoms. The molecule has 0 radical (unpaired) electrons. The van der Waals surface area contributed by atoms with Crippen molar-refractivity contribution in [2.45, 2.75) is 58.4 Å². The van der Waals surface area contributed by atoms with Crippen molar-refractivity contribution in [2.24, 2.45) is 4.99 Å². The van der Waals surface area contributed by atoms with Crippen molar-refractivity contribution < 1.29 is 24.3 Å². The number of nitrogens with one attached hydrogen (secondary N) is 1. The number of imide groups is 1. The highest BCUT2D eigenvalue weighted by atomic mass is 16.6. The number of amidine groups is 1. The number of aliphatic imine (C=N–C) groups is 1. The minimum Gasteiger partial charge on any atom is -0.392 e. The highest BCUT2D eigenvalue weighted by Crippen LogP contribution is 2.34. The Bertz CT molecular complexity index is 1410. The maximum atomic E-state index is 14.0. The fraction of sp³-hybridized carbons (Fsp3) is 0.333. The van der Waals surface area contributed by atoms with Crippen LogP contribution in [-0.4, -0.2) is 57.6 Å². The topological polar surface area (TPSA) is 112 Å². The van der Waals surface area contributed by atoms with E-state index in [-0.39, 0.29) is 25.5 Å². The van der Waals surface area contributed by atoms with E-state index in [1.54, 1.807) is 38.2 Å². The first-order chi connectivity index (χ1) is 20.2. The van der Waals surface area contributed by atoms with Crippen LogP contribution in [0.3, 0.4) is 0 Å². The molecule has 0 saturated heterocycles. The Kier molecular flexibility index (Phi) is 10.2. The summed E-state index contributed by atoms with van der Waals surface area (Å²) in [6, 6.07) is 23.8. The third-order valence-electron chi connectivity index (χ3n) is 7.41. The first kappa shape index (κ1) is 30.6. The number of fused-ring (bicyclic) bond motifs is 1. The number of hydrogen-bond donors (Lipinski definition) is 2. The molecule has 0 bridgehead atoms. The normalized spacial score (nSPS) is 14.5. The zero-order valence-electron chi connectivity index (χ0n) is 24.4. The Morgan fingerprint density at radius 2 is 1.55 bits per heavy atom. The van der Waals surface area contributed by atoms with Crippen LogP contribution >= 0.6 is 0 Å². The van der Waals surface area contributed by atoms with E-state index < -0.39 is 17.4 Å². The van der Waals surface area contributed by atoms with Crippen molar-refractivity contribution in [3.63, 3.8) is 0 Å². The second-order valence-corrected chi connectivity index (χ2v) is 10.7. The summed E-state index contributed by atoms with van der Waals surface area (Å²) in [6.07, 6.45) is 1.49. The van der Waals surface area contributed by atoms with Gasteiger partial charge in [0.25, 0.3) is 11.8 Å². The van der Waals surface area contributed by atoms with Gasteiger partial charge in [0.2, 0.25) is 5.91 Å². The molecule has 0 aromatic heterocycles. The minimum atomic E-state index is -1.40. The van der Waals surface area contributed by atoms with E-state index in [0.717, 1.165) is 21.6 Å². The number of hydroxylamine groups is 1. The predicted octanol–water partition coefficient (Wildman–Crippen LogP) is 4.50. The first-order valence-corrected chi connectivity index (χ1v) is 14.1. The molecule has 0 fully saturated rings. The average Bonchev–Trinajstić information content (AvgIpc) is 3.26. The highest BCUT2D eigenvalue weighted by Gasteiger charge is 2.51. The number of carbonyl (C=O) groups is 3. The monoisotopic (exact) mass is 570 g/mol. The summed E-state index contributed by atoms with van der Waals surface area (Å²) in [5.74, 6) is -0.622. The Balaban J connectivity index is 1.43. The molecular formula is C33H38N4O5. The van der Waals surface area contributed by atoms with Crippen LogP contribution in [0.15, 0.2) is 83.9 Å². The number of carbonyl (C=O) groups excluding carboxylic acids is 3. The van der Waals surface area contributed by atoms with Crippen molar-refractivity contribution in [1.29, 1.82) is 0 Å². The summed E-state index contributed by atoms with van der Waals surface area (Å²) >= 11 is 0.